The van der Waals surface area contributed by atoms with E-state index in [0.29, 0.717) is 6.04 Å². The SMILES string of the molecule is Cc1cccc(CN2CCC(C(=O)O)CC2C)c1. The fourth-order valence-electron chi connectivity index (χ4n) is 2.72. The Labute approximate surface area is 108 Å². The van der Waals surface area contributed by atoms with Crippen LogP contribution in [0.5, 0.6) is 0 Å². The standard InChI is InChI=1S/C15H21NO2/c1-11-4-3-5-13(8-11)10-16-7-6-14(15(17)18)9-12(16)2/h3-5,8,12,14H,6-7,9-10H2,1-2H3,(H,17,18). The van der Waals surface area contributed by atoms with Crippen molar-refractivity contribution in [2.45, 2.75) is 39.3 Å². The molecule has 0 aliphatic carbocycles. The van der Waals surface area contributed by atoms with E-state index in [4.69, 9.17) is 5.11 Å². The zero-order chi connectivity index (χ0) is 13.1. The van der Waals surface area contributed by atoms with Gasteiger partial charge < -0.3 is 5.11 Å². The van der Waals surface area contributed by atoms with Crippen molar-refractivity contribution in [3.63, 3.8) is 0 Å². The molecule has 2 rings (SSSR count). The van der Waals surface area contributed by atoms with E-state index in [2.05, 4.69) is 43.0 Å². The van der Waals surface area contributed by atoms with E-state index in [-0.39, 0.29) is 5.92 Å². The lowest BCUT2D eigenvalue weighted by molar-refractivity contribution is -0.144. The minimum Gasteiger partial charge on any atom is -0.481 e. The first kappa shape index (κ1) is 13.1. The maximum Gasteiger partial charge on any atom is 0.306 e. The second kappa shape index (κ2) is 5.53. The molecule has 0 spiro atoms. The van der Waals surface area contributed by atoms with E-state index >= 15 is 0 Å². The Morgan fingerprint density at radius 3 is 2.89 bits per heavy atom. The number of carboxylic acids is 1. The summed E-state index contributed by atoms with van der Waals surface area (Å²) in [6, 6.07) is 8.88. The van der Waals surface area contributed by atoms with E-state index in [1.54, 1.807) is 0 Å². The zero-order valence-electron chi connectivity index (χ0n) is 11.1. The van der Waals surface area contributed by atoms with Crippen LogP contribution >= 0.6 is 0 Å². The van der Waals surface area contributed by atoms with Gasteiger partial charge in [-0.3, -0.25) is 9.69 Å². The minimum absolute atomic E-state index is 0.159. The topological polar surface area (TPSA) is 40.5 Å². The number of nitrogens with zero attached hydrogens (tertiary/aromatic N) is 1. The summed E-state index contributed by atoms with van der Waals surface area (Å²) in [5.41, 5.74) is 2.59. The van der Waals surface area contributed by atoms with Crippen LogP contribution in [0.2, 0.25) is 0 Å². The Balaban J connectivity index is 1.97. The number of likely N-dealkylation sites (tertiary alicyclic amines) is 1. The molecular weight excluding hydrogens is 226 g/mol. The second-order valence-corrected chi connectivity index (χ2v) is 5.37. The summed E-state index contributed by atoms with van der Waals surface area (Å²) < 4.78 is 0. The van der Waals surface area contributed by atoms with Crippen molar-refractivity contribution in [2.24, 2.45) is 5.92 Å². The van der Waals surface area contributed by atoms with E-state index in [1.807, 2.05) is 0 Å². The molecule has 1 saturated heterocycles. The highest BCUT2D eigenvalue weighted by molar-refractivity contribution is 5.70. The van der Waals surface area contributed by atoms with Crippen molar-refractivity contribution in [1.29, 1.82) is 0 Å². The molecule has 1 fully saturated rings. The second-order valence-electron chi connectivity index (χ2n) is 5.37. The van der Waals surface area contributed by atoms with Gasteiger partial charge >= 0.3 is 5.97 Å². The van der Waals surface area contributed by atoms with Gasteiger partial charge in [-0.1, -0.05) is 29.8 Å². The van der Waals surface area contributed by atoms with Crippen molar-refractivity contribution in [2.75, 3.05) is 6.54 Å². The molecule has 2 unspecified atom stereocenters. The Hall–Kier alpha value is -1.35. The van der Waals surface area contributed by atoms with Gasteiger partial charge in [0.25, 0.3) is 0 Å². The molecule has 3 nitrogen and oxygen atoms in total. The van der Waals surface area contributed by atoms with Gasteiger partial charge in [0.1, 0.15) is 0 Å². The highest BCUT2D eigenvalue weighted by atomic mass is 16.4. The lowest BCUT2D eigenvalue weighted by atomic mass is 9.91. The Morgan fingerprint density at radius 1 is 1.50 bits per heavy atom. The summed E-state index contributed by atoms with van der Waals surface area (Å²) in [7, 11) is 0. The molecular formula is C15H21NO2. The van der Waals surface area contributed by atoms with Gasteiger partial charge in [0.15, 0.2) is 0 Å². The van der Waals surface area contributed by atoms with Gasteiger partial charge in [-0.05, 0) is 38.8 Å². The van der Waals surface area contributed by atoms with Crippen LogP contribution in [0.15, 0.2) is 24.3 Å². The maximum atomic E-state index is 11.0. The van der Waals surface area contributed by atoms with Gasteiger partial charge in [0, 0.05) is 12.6 Å². The number of piperidine rings is 1. The number of aliphatic carboxylic acids is 1. The molecule has 98 valence electrons. The summed E-state index contributed by atoms with van der Waals surface area (Å²) in [4.78, 5) is 13.4. The lowest BCUT2D eigenvalue weighted by Crippen LogP contribution is -2.42. The summed E-state index contributed by atoms with van der Waals surface area (Å²) in [5, 5.41) is 9.05. The number of rotatable bonds is 3. The van der Waals surface area contributed by atoms with Crippen LogP contribution < -0.4 is 0 Å². The van der Waals surface area contributed by atoms with Gasteiger partial charge in [-0.15, -0.1) is 0 Å². The molecule has 18 heavy (non-hydrogen) atoms. The van der Waals surface area contributed by atoms with E-state index in [1.165, 1.54) is 11.1 Å². The van der Waals surface area contributed by atoms with Crippen LogP contribution in [0.4, 0.5) is 0 Å². The number of carbonyl (C=O) groups is 1. The highest BCUT2D eigenvalue weighted by Crippen LogP contribution is 2.24. The summed E-state index contributed by atoms with van der Waals surface area (Å²) in [6.45, 7) is 6.04. The molecule has 3 heteroatoms. The van der Waals surface area contributed by atoms with Crippen LogP contribution in [0, 0.1) is 12.8 Å². The molecule has 0 radical (unpaired) electrons. The molecule has 1 aliphatic rings. The fourth-order valence-corrected chi connectivity index (χ4v) is 2.72. The molecule has 1 aromatic rings. The van der Waals surface area contributed by atoms with Crippen molar-refractivity contribution in [3.05, 3.63) is 35.4 Å². The first-order valence-corrected chi connectivity index (χ1v) is 6.58. The van der Waals surface area contributed by atoms with Crippen LogP contribution in [0.3, 0.4) is 0 Å². The van der Waals surface area contributed by atoms with Crippen molar-refractivity contribution in [1.82, 2.24) is 4.90 Å². The first-order valence-electron chi connectivity index (χ1n) is 6.58. The average Bonchev–Trinajstić information content (AvgIpc) is 2.31. The molecule has 0 aromatic heterocycles. The molecule has 0 bridgehead atoms. The highest BCUT2D eigenvalue weighted by Gasteiger charge is 2.29. The molecule has 0 amide bonds. The average molecular weight is 247 g/mol. The number of hydrogen-bond acceptors (Lipinski definition) is 2. The fraction of sp³-hybridized carbons (Fsp3) is 0.533. The predicted molar refractivity (Wildman–Crippen MR) is 71.4 cm³/mol. The summed E-state index contributed by atoms with van der Waals surface area (Å²) >= 11 is 0. The zero-order valence-corrected chi connectivity index (χ0v) is 11.1. The molecule has 2 atom stereocenters. The Kier molecular flexibility index (Phi) is 4.02. The summed E-state index contributed by atoms with van der Waals surface area (Å²) in [6.07, 6.45) is 1.53. The predicted octanol–water partition coefficient (Wildman–Crippen LogP) is 2.68. The van der Waals surface area contributed by atoms with Crippen molar-refractivity contribution in [3.8, 4) is 0 Å². The van der Waals surface area contributed by atoms with E-state index < -0.39 is 5.97 Å². The third kappa shape index (κ3) is 3.10. The van der Waals surface area contributed by atoms with Crippen LogP contribution in [-0.2, 0) is 11.3 Å². The van der Waals surface area contributed by atoms with Gasteiger partial charge in [-0.25, -0.2) is 0 Å². The maximum absolute atomic E-state index is 11.0. The number of aryl methyl sites for hydroxylation is 1. The number of benzene rings is 1. The number of hydrogen-bond donors (Lipinski definition) is 1. The molecule has 1 aliphatic heterocycles. The Bertz CT molecular complexity index is 430. The van der Waals surface area contributed by atoms with Crippen LogP contribution in [-0.4, -0.2) is 28.6 Å². The van der Waals surface area contributed by atoms with Gasteiger partial charge in [0.05, 0.1) is 5.92 Å². The largest absolute Gasteiger partial charge is 0.481 e. The molecule has 1 aromatic carbocycles. The molecule has 0 saturated carbocycles. The third-order valence-electron chi connectivity index (χ3n) is 3.83. The van der Waals surface area contributed by atoms with Gasteiger partial charge in [0.2, 0.25) is 0 Å². The first-order chi connectivity index (χ1) is 8.56. The van der Waals surface area contributed by atoms with Crippen LogP contribution in [0.1, 0.15) is 30.9 Å². The molecule has 1 N–H and O–H groups in total. The minimum atomic E-state index is -0.642. The van der Waals surface area contributed by atoms with Crippen LogP contribution in [0.25, 0.3) is 0 Å². The Morgan fingerprint density at radius 2 is 2.28 bits per heavy atom. The quantitative estimate of drug-likeness (QED) is 0.892. The third-order valence-corrected chi connectivity index (χ3v) is 3.83. The van der Waals surface area contributed by atoms with Crippen molar-refractivity contribution >= 4 is 5.97 Å². The van der Waals surface area contributed by atoms with E-state index in [9.17, 15) is 4.79 Å². The summed E-state index contributed by atoms with van der Waals surface area (Å²) in [5.74, 6) is -0.800. The number of carboxylic acid groups (broad SMARTS) is 1. The molecule has 1 heterocycles. The van der Waals surface area contributed by atoms with Gasteiger partial charge in [-0.2, -0.15) is 0 Å². The van der Waals surface area contributed by atoms with Crippen molar-refractivity contribution < 1.29 is 9.90 Å². The smallest absolute Gasteiger partial charge is 0.306 e. The lowest BCUT2D eigenvalue weighted by Gasteiger charge is -2.36. The monoisotopic (exact) mass is 247 g/mol. The normalized spacial score (nSPS) is 25.0. The van der Waals surface area contributed by atoms with E-state index in [0.717, 1.165) is 25.9 Å².